The Labute approximate surface area is 141 Å². The van der Waals surface area contributed by atoms with Crippen LogP contribution in [-0.2, 0) is 0 Å². The van der Waals surface area contributed by atoms with Crippen LogP contribution in [0, 0.1) is 5.92 Å². The SMILES string of the molecule is C[N+]1(C)C2CCC1CC(C=C(c1ccsc1)c1ccsc1)C2. The average Bonchev–Trinajstić information content (AvgIpc) is 3.19. The summed E-state index contributed by atoms with van der Waals surface area (Å²) in [7, 11) is 4.89. The second kappa shape index (κ2) is 5.63. The van der Waals surface area contributed by atoms with Gasteiger partial charge in [0, 0.05) is 25.7 Å². The summed E-state index contributed by atoms with van der Waals surface area (Å²) in [6.07, 6.45) is 8.17. The van der Waals surface area contributed by atoms with Gasteiger partial charge in [-0.05, 0) is 56.3 Å². The van der Waals surface area contributed by atoms with Gasteiger partial charge in [-0.3, -0.25) is 0 Å². The molecule has 2 aromatic heterocycles. The molecule has 2 aromatic rings. The summed E-state index contributed by atoms with van der Waals surface area (Å²) < 4.78 is 1.26. The van der Waals surface area contributed by atoms with Crippen molar-refractivity contribution in [3.8, 4) is 0 Å². The lowest BCUT2D eigenvalue weighted by atomic mass is 9.86. The van der Waals surface area contributed by atoms with E-state index >= 15 is 0 Å². The van der Waals surface area contributed by atoms with Crippen molar-refractivity contribution in [2.45, 2.75) is 37.8 Å². The average molecular weight is 331 g/mol. The third-order valence-corrected chi connectivity index (χ3v) is 7.30. The summed E-state index contributed by atoms with van der Waals surface area (Å²) in [5.41, 5.74) is 4.25. The van der Waals surface area contributed by atoms with Crippen molar-refractivity contribution in [2.75, 3.05) is 14.1 Å². The first kappa shape index (κ1) is 14.7. The predicted octanol–water partition coefficient (Wildman–Crippen LogP) is 5.26. The maximum absolute atomic E-state index is 2.59. The van der Waals surface area contributed by atoms with Crippen molar-refractivity contribution in [2.24, 2.45) is 5.92 Å². The smallest absolute Gasteiger partial charge is 0.0896 e. The molecule has 2 bridgehead atoms. The van der Waals surface area contributed by atoms with Crippen LogP contribution in [0.15, 0.2) is 39.7 Å². The van der Waals surface area contributed by atoms with Crippen LogP contribution in [0.5, 0.6) is 0 Å². The van der Waals surface area contributed by atoms with Gasteiger partial charge in [-0.15, -0.1) is 0 Å². The van der Waals surface area contributed by atoms with Gasteiger partial charge < -0.3 is 4.48 Å². The molecule has 0 aliphatic carbocycles. The first-order valence-corrected chi connectivity index (χ1v) is 10.1. The number of hydrogen-bond donors (Lipinski definition) is 0. The standard InChI is InChI=1S/C19H24NS2/c1-20(2)17-3-4-18(20)10-14(9-17)11-19(15-5-7-21-12-15)16-6-8-22-13-16/h5-8,11-14,17-18H,3-4,9-10H2,1-2H3/q+1. The maximum atomic E-state index is 2.59. The highest BCUT2D eigenvalue weighted by atomic mass is 32.1. The van der Waals surface area contributed by atoms with Crippen LogP contribution in [-0.4, -0.2) is 30.7 Å². The molecule has 4 heterocycles. The fraction of sp³-hybridized carbons (Fsp3) is 0.474. The molecule has 2 atom stereocenters. The lowest BCUT2D eigenvalue weighted by molar-refractivity contribution is -0.931. The number of hydrogen-bond acceptors (Lipinski definition) is 2. The summed E-state index contributed by atoms with van der Waals surface area (Å²) in [5, 5.41) is 8.97. The second-order valence-electron chi connectivity index (χ2n) is 7.35. The molecule has 0 radical (unpaired) electrons. The highest BCUT2D eigenvalue weighted by molar-refractivity contribution is 7.08. The fourth-order valence-corrected chi connectivity index (χ4v) is 5.80. The Kier molecular flexibility index (Phi) is 3.75. The lowest BCUT2D eigenvalue weighted by Crippen LogP contribution is -2.54. The van der Waals surface area contributed by atoms with Gasteiger partial charge in [0.25, 0.3) is 0 Å². The van der Waals surface area contributed by atoms with E-state index in [2.05, 4.69) is 53.8 Å². The summed E-state index contributed by atoms with van der Waals surface area (Å²) >= 11 is 3.60. The first-order chi connectivity index (χ1) is 10.6. The predicted molar refractivity (Wildman–Crippen MR) is 97.4 cm³/mol. The Balaban J connectivity index is 1.65. The minimum Gasteiger partial charge on any atom is -0.324 e. The number of allylic oxidation sites excluding steroid dienone is 1. The third-order valence-electron chi connectivity index (χ3n) is 5.93. The second-order valence-corrected chi connectivity index (χ2v) is 8.91. The van der Waals surface area contributed by atoms with E-state index in [1.54, 1.807) is 22.7 Å². The van der Waals surface area contributed by atoms with E-state index in [1.807, 2.05) is 0 Å². The van der Waals surface area contributed by atoms with Gasteiger partial charge in [0.2, 0.25) is 0 Å². The monoisotopic (exact) mass is 330 g/mol. The molecule has 0 amide bonds. The lowest BCUT2D eigenvalue weighted by Gasteiger charge is -2.43. The van der Waals surface area contributed by atoms with Gasteiger partial charge in [0.05, 0.1) is 26.2 Å². The Hall–Kier alpha value is -0.900. The van der Waals surface area contributed by atoms with Crippen LogP contribution >= 0.6 is 22.7 Å². The molecule has 0 spiro atoms. The van der Waals surface area contributed by atoms with Gasteiger partial charge in [-0.1, -0.05) is 6.08 Å². The number of nitrogens with zero attached hydrogens (tertiary/aromatic N) is 1. The van der Waals surface area contributed by atoms with Crippen LogP contribution in [0.3, 0.4) is 0 Å². The van der Waals surface area contributed by atoms with Gasteiger partial charge in [0.1, 0.15) is 0 Å². The van der Waals surface area contributed by atoms with Crippen LogP contribution < -0.4 is 0 Å². The molecular formula is C19H24NS2+. The molecule has 22 heavy (non-hydrogen) atoms. The van der Waals surface area contributed by atoms with Crippen molar-refractivity contribution in [1.29, 1.82) is 0 Å². The van der Waals surface area contributed by atoms with Crippen LogP contribution in [0.25, 0.3) is 5.57 Å². The zero-order valence-corrected chi connectivity index (χ0v) is 15.0. The summed E-state index contributed by atoms with van der Waals surface area (Å²) in [5.74, 6) is 0.749. The molecule has 2 saturated heterocycles. The number of fused-ring (bicyclic) bond motifs is 2. The normalized spacial score (nSPS) is 29.5. The summed E-state index contributed by atoms with van der Waals surface area (Å²) in [4.78, 5) is 0. The molecule has 2 aliphatic rings. The quantitative estimate of drug-likeness (QED) is 0.674. The van der Waals surface area contributed by atoms with Crippen LogP contribution in [0.4, 0.5) is 0 Å². The molecule has 0 N–H and O–H groups in total. The van der Waals surface area contributed by atoms with E-state index < -0.39 is 0 Å². The first-order valence-electron chi connectivity index (χ1n) is 8.25. The molecule has 4 rings (SSSR count). The zero-order valence-electron chi connectivity index (χ0n) is 13.4. The van der Waals surface area contributed by atoms with E-state index in [-0.39, 0.29) is 0 Å². The zero-order chi connectivity index (χ0) is 15.2. The Morgan fingerprint density at radius 2 is 1.55 bits per heavy atom. The van der Waals surface area contributed by atoms with Gasteiger partial charge in [0.15, 0.2) is 0 Å². The van der Waals surface area contributed by atoms with E-state index in [9.17, 15) is 0 Å². The highest BCUT2D eigenvalue weighted by Crippen LogP contribution is 2.43. The maximum Gasteiger partial charge on any atom is 0.0896 e. The third kappa shape index (κ3) is 2.49. The molecule has 3 heteroatoms. The molecule has 0 saturated carbocycles. The molecule has 116 valence electrons. The Bertz CT molecular complexity index is 599. The van der Waals surface area contributed by atoms with E-state index in [0.717, 1.165) is 18.0 Å². The Morgan fingerprint density at radius 3 is 2.00 bits per heavy atom. The molecule has 2 unspecified atom stereocenters. The highest BCUT2D eigenvalue weighted by Gasteiger charge is 2.48. The number of piperidine rings is 1. The summed E-state index contributed by atoms with van der Waals surface area (Å²) in [6.45, 7) is 0. The fourth-order valence-electron chi connectivity index (χ4n) is 4.49. The van der Waals surface area contributed by atoms with Gasteiger partial charge in [-0.2, -0.15) is 22.7 Å². The molecule has 2 fully saturated rings. The van der Waals surface area contributed by atoms with Gasteiger partial charge in [-0.25, -0.2) is 0 Å². The number of rotatable bonds is 3. The Morgan fingerprint density at radius 1 is 1.00 bits per heavy atom. The van der Waals surface area contributed by atoms with Crippen molar-refractivity contribution in [3.63, 3.8) is 0 Å². The van der Waals surface area contributed by atoms with Crippen LogP contribution in [0.2, 0.25) is 0 Å². The van der Waals surface area contributed by atoms with Crippen molar-refractivity contribution in [3.05, 3.63) is 50.9 Å². The molecule has 0 aromatic carbocycles. The van der Waals surface area contributed by atoms with Crippen LogP contribution in [0.1, 0.15) is 36.8 Å². The van der Waals surface area contributed by atoms with E-state index in [1.165, 1.54) is 46.9 Å². The minimum absolute atomic E-state index is 0.749. The molecule has 1 nitrogen and oxygen atoms in total. The van der Waals surface area contributed by atoms with E-state index in [0.29, 0.717) is 0 Å². The van der Waals surface area contributed by atoms with Crippen molar-refractivity contribution in [1.82, 2.24) is 0 Å². The van der Waals surface area contributed by atoms with Crippen molar-refractivity contribution < 1.29 is 4.48 Å². The molecular weight excluding hydrogens is 306 g/mol. The summed E-state index contributed by atoms with van der Waals surface area (Å²) in [6, 6.07) is 6.27. The van der Waals surface area contributed by atoms with Crippen molar-refractivity contribution >= 4 is 28.2 Å². The topological polar surface area (TPSA) is 0 Å². The number of quaternary nitrogens is 1. The number of thiophene rings is 2. The van der Waals surface area contributed by atoms with Gasteiger partial charge >= 0.3 is 0 Å². The minimum atomic E-state index is 0.749. The largest absolute Gasteiger partial charge is 0.324 e. The van der Waals surface area contributed by atoms with E-state index in [4.69, 9.17) is 0 Å². The molecule has 2 aliphatic heterocycles.